The summed E-state index contributed by atoms with van der Waals surface area (Å²) in [6.45, 7) is -2.61. The lowest BCUT2D eigenvalue weighted by Gasteiger charge is -2.13. The molecule has 0 fully saturated rings. The van der Waals surface area contributed by atoms with E-state index in [1.165, 1.54) is 18.2 Å². The van der Waals surface area contributed by atoms with Gasteiger partial charge in [-0.05, 0) is 53.9 Å². The largest absolute Gasteiger partial charge is 0.397 e. The van der Waals surface area contributed by atoms with Crippen molar-refractivity contribution in [1.82, 2.24) is 0 Å². The van der Waals surface area contributed by atoms with E-state index in [0.717, 1.165) is 36.4 Å². The summed E-state index contributed by atoms with van der Waals surface area (Å²) >= 11 is 0. The minimum Gasteiger partial charge on any atom is -0.397 e. The number of amides is 2. The van der Waals surface area contributed by atoms with E-state index < -0.39 is 129 Å². The molecule has 4 rings (SSSR count). The van der Waals surface area contributed by atoms with Crippen molar-refractivity contribution in [1.29, 1.82) is 0 Å². The summed E-state index contributed by atoms with van der Waals surface area (Å²) in [5.74, 6) is -1.95. The van der Waals surface area contributed by atoms with Gasteiger partial charge < -0.3 is 16.8 Å². The molecule has 0 aliphatic carbocycles. The second kappa shape index (κ2) is 17.8. The average Bonchev–Trinajstić information content (AvgIpc) is 3.09. The number of fused-ring (bicyclic) bond motifs is 1. The highest BCUT2D eigenvalue weighted by Crippen LogP contribution is 2.38. The van der Waals surface area contributed by atoms with E-state index in [0.29, 0.717) is 6.07 Å². The van der Waals surface area contributed by atoms with Crippen LogP contribution < -0.4 is 16.8 Å². The Morgan fingerprint density at radius 2 is 1.15 bits per heavy atom. The maximum Gasteiger partial charge on any atom is 0.397 e. The molecule has 60 heavy (non-hydrogen) atoms. The van der Waals surface area contributed by atoms with Crippen molar-refractivity contribution < 1.29 is 81.9 Å². The molecule has 26 nitrogen and oxygen atoms in total. The molecule has 0 aliphatic rings. The maximum atomic E-state index is 12.7. The molecule has 0 radical (unpaired) electrons. The highest BCUT2D eigenvalue weighted by molar-refractivity contribution is 7.92. The molecule has 4 aromatic rings. The fourth-order valence-electron chi connectivity index (χ4n) is 4.97. The van der Waals surface area contributed by atoms with Crippen LogP contribution in [-0.4, -0.2) is 99.5 Å². The second-order valence-corrected chi connectivity index (χ2v) is 20.8. The van der Waals surface area contributed by atoms with E-state index in [2.05, 4.69) is 34.1 Å². The number of nitrogens with one attached hydrogen (secondary N) is 1. The number of urea groups is 1. The number of azo groups is 2. The number of benzene rings is 4. The SMILES string of the molecule is NC(=O)Nc1ccc(/N=N/c2ccc3cc(S(=O)(=O)CCOS(=O)(=O)O)ccc3c2S(=O)(=O)O)c(N)c1C/N=N/c1ccc(S(=O)(=O)CCOS(=O)(=O)O)cc1S(=O)(=O)O. The molecule has 0 aliphatic heterocycles. The molecule has 0 atom stereocenters. The Hall–Kier alpha value is -5.13. The first kappa shape index (κ1) is 47.5. The van der Waals surface area contributed by atoms with E-state index >= 15 is 0 Å². The summed E-state index contributed by atoms with van der Waals surface area (Å²) in [6, 6.07) is 8.65. The van der Waals surface area contributed by atoms with Gasteiger partial charge in [-0.3, -0.25) is 18.2 Å². The highest BCUT2D eigenvalue weighted by atomic mass is 32.3. The van der Waals surface area contributed by atoms with Crippen molar-refractivity contribution in [2.45, 2.75) is 26.1 Å². The molecule has 9 N–H and O–H groups in total. The minimum atomic E-state index is -5.20. The quantitative estimate of drug-likeness (QED) is 0.0427. The number of nitrogens with two attached hydrogens (primary N) is 2. The summed E-state index contributed by atoms with van der Waals surface area (Å²) in [7, 11) is -29.0. The molecular weight excluding hydrogens is 931 g/mol. The molecule has 0 saturated carbocycles. The van der Waals surface area contributed by atoms with Crippen LogP contribution in [0.1, 0.15) is 5.56 Å². The fraction of sp³-hybridized carbons (Fsp3) is 0.179. The highest BCUT2D eigenvalue weighted by Gasteiger charge is 2.25. The standard InChI is InChI=1S/C28H29N7O19S6/c29-26-20(15-31-33-22-6-3-18(14-25(22)57(41,42)43)56(39,40)12-10-54-60(50,51)52)21(32-28(30)36)7-8-23(26)34-35-24-5-1-16-13-17(2-4-19(16)27(24)58(44,45)46)55(37,38)11-9-53-59(47,48)49/h1-8,13-14H,9-12,15,29H2,(H3,30,32,36)(H,41,42,43)(H,44,45,46)(H,47,48,49)(H,50,51,52)/b33-31+,35-34+. The molecule has 0 saturated heterocycles. The third kappa shape index (κ3) is 12.7. The lowest BCUT2D eigenvalue weighted by atomic mass is 10.1. The Bertz CT molecular complexity index is 3120. The van der Waals surface area contributed by atoms with Crippen LogP contribution in [-0.2, 0) is 75.6 Å². The van der Waals surface area contributed by atoms with Gasteiger partial charge in [-0.2, -0.15) is 43.9 Å². The fourth-order valence-corrected chi connectivity index (χ4v) is 9.56. The number of carbonyl (C=O) groups is 1. The van der Waals surface area contributed by atoms with E-state index in [1.807, 2.05) is 0 Å². The molecule has 0 unspecified atom stereocenters. The third-order valence-corrected chi connectivity index (χ3v) is 13.6. The van der Waals surface area contributed by atoms with Gasteiger partial charge in [0.1, 0.15) is 26.9 Å². The van der Waals surface area contributed by atoms with Crippen molar-refractivity contribution in [2.24, 2.45) is 26.2 Å². The van der Waals surface area contributed by atoms with Crippen molar-refractivity contribution in [3.8, 4) is 0 Å². The summed E-state index contributed by atoms with van der Waals surface area (Å²) in [5.41, 5.74) is 9.67. The van der Waals surface area contributed by atoms with Crippen LogP contribution in [0.5, 0.6) is 0 Å². The molecule has 0 heterocycles. The van der Waals surface area contributed by atoms with Gasteiger partial charge >= 0.3 is 26.8 Å². The number of hydrogen-bond donors (Lipinski definition) is 7. The topological polar surface area (TPSA) is 435 Å². The summed E-state index contributed by atoms with van der Waals surface area (Å²) in [4.78, 5) is 8.69. The van der Waals surface area contributed by atoms with Gasteiger partial charge in [0.05, 0.1) is 46.7 Å². The summed E-state index contributed by atoms with van der Waals surface area (Å²) in [5, 5.41) is 17.3. The van der Waals surface area contributed by atoms with Crippen LogP contribution in [0.25, 0.3) is 10.8 Å². The second-order valence-electron chi connectivity index (χ2n) is 11.6. The average molecular weight is 960 g/mol. The van der Waals surface area contributed by atoms with Crippen LogP contribution in [0.2, 0.25) is 0 Å². The molecule has 0 spiro atoms. The molecule has 4 aromatic carbocycles. The van der Waals surface area contributed by atoms with Gasteiger partial charge in [0.15, 0.2) is 19.7 Å². The summed E-state index contributed by atoms with van der Waals surface area (Å²) < 4.78 is 188. The van der Waals surface area contributed by atoms with Crippen LogP contribution in [0.15, 0.2) is 101 Å². The molecule has 0 aromatic heterocycles. The number of hydrogen-bond acceptors (Lipinski definition) is 20. The normalized spacial score (nSPS) is 13.3. The molecule has 326 valence electrons. The molecule has 0 bridgehead atoms. The maximum absolute atomic E-state index is 12.7. The number of carbonyl (C=O) groups excluding carboxylic acids is 1. The third-order valence-electron chi connectivity index (χ3n) is 7.54. The first-order chi connectivity index (χ1) is 27.5. The first-order valence-electron chi connectivity index (χ1n) is 15.6. The van der Waals surface area contributed by atoms with Gasteiger partial charge in [0, 0.05) is 16.6 Å². The van der Waals surface area contributed by atoms with Crippen molar-refractivity contribution in [2.75, 3.05) is 35.8 Å². The van der Waals surface area contributed by atoms with E-state index in [-0.39, 0.29) is 33.4 Å². The minimum absolute atomic E-state index is 0.0499. The number of sulfone groups is 2. The van der Waals surface area contributed by atoms with Crippen LogP contribution in [0, 0.1) is 0 Å². The zero-order valence-corrected chi connectivity index (χ0v) is 34.5. The van der Waals surface area contributed by atoms with Crippen molar-refractivity contribution in [3.05, 3.63) is 66.2 Å². The van der Waals surface area contributed by atoms with Gasteiger partial charge in [-0.25, -0.2) is 30.0 Å². The van der Waals surface area contributed by atoms with E-state index in [9.17, 15) is 64.4 Å². The predicted octanol–water partition coefficient (Wildman–Crippen LogP) is 2.29. The predicted molar refractivity (Wildman–Crippen MR) is 206 cm³/mol. The van der Waals surface area contributed by atoms with Gasteiger partial charge in [0.25, 0.3) is 20.2 Å². The summed E-state index contributed by atoms with van der Waals surface area (Å²) in [6.07, 6.45) is 0. The Morgan fingerprint density at radius 3 is 1.68 bits per heavy atom. The van der Waals surface area contributed by atoms with Crippen LogP contribution in [0.3, 0.4) is 0 Å². The monoisotopic (exact) mass is 959 g/mol. The van der Waals surface area contributed by atoms with E-state index in [4.69, 9.17) is 20.6 Å². The Balaban J connectivity index is 1.71. The lowest BCUT2D eigenvalue weighted by molar-refractivity contribution is 0.259. The first-order valence-corrected chi connectivity index (χ1v) is 24.5. The van der Waals surface area contributed by atoms with Gasteiger partial charge in [-0.15, -0.1) is 10.2 Å². The van der Waals surface area contributed by atoms with Crippen LogP contribution in [0.4, 0.5) is 33.2 Å². The number of nitrogen functional groups attached to an aromatic ring is 1. The van der Waals surface area contributed by atoms with Crippen LogP contribution >= 0.6 is 0 Å². The van der Waals surface area contributed by atoms with Gasteiger partial charge in [-0.1, -0.05) is 12.1 Å². The Morgan fingerprint density at radius 1 is 0.633 bits per heavy atom. The van der Waals surface area contributed by atoms with Gasteiger partial charge in [0.2, 0.25) is 0 Å². The molecule has 2 amide bonds. The van der Waals surface area contributed by atoms with Crippen molar-refractivity contribution in [3.63, 3.8) is 0 Å². The van der Waals surface area contributed by atoms with E-state index in [1.54, 1.807) is 0 Å². The molecule has 32 heteroatoms. The number of primary amides is 1. The Kier molecular flexibility index (Phi) is 14.1. The zero-order valence-electron chi connectivity index (χ0n) is 29.6. The smallest absolute Gasteiger partial charge is 0.397 e. The molecular formula is C28H29N7O19S6. The number of anilines is 2. The van der Waals surface area contributed by atoms with Crippen molar-refractivity contribution >= 4 is 106 Å². The number of nitrogens with zero attached hydrogens (tertiary/aromatic N) is 4. The lowest BCUT2D eigenvalue weighted by Crippen LogP contribution is -2.20. The zero-order chi connectivity index (χ0) is 45.1. The number of rotatable bonds is 18. The Labute approximate surface area is 340 Å².